The molecular weight excluding hydrogens is 382 g/mol. The maximum atomic E-state index is 12.5. The number of rotatable bonds is 8. The number of hydrogen-bond acceptors (Lipinski definition) is 5. The molecule has 5 nitrogen and oxygen atoms in total. The Kier molecular flexibility index (Phi) is 7.01. The number of alkyl halides is 2. The van der Waals surface area contributed by atoms with E-state index in [4.69, 9.17) is 25.8 Å². The van der Waals surface area contributed by atoms with Crippen LogP contribution in [0.1, 0.15) is 15.9 Å². The number of benzene rings is 2. The van der Waals surface area contributed by atoms with Crippen LogP contribution in [0.15, 0.2) is 36.4 Å². The number of allylic oxidation sites excluding steroid dienone is 1. The van der Waals surface area contributed by atoms with E-state index in [-0.39, 0.29) is 22.3 Å². The monoisotopic (exact) mass is 398 g/mol. The molecule has 2 aromatic rings. The van der Waals surface area contributed by atoms with Crippen LogP contribution < -0.4 is 18.9 Å². The first-order valence-corrected chi connectivity index (χ1v) is 8.04. The highest BCUT2D eigenvalue weighted by atomic mass is 35.5. The average Bonchev–Trinajstić information content (AvgIpc) is 2.66. The number of ketones is 1. The molecule has 0 fully saturated rings. The first kappa shape index (κ1) is 20.5. The molecule has 0 amide bonds. The van der Waals surface area contributed by atoms with Gasteiger partial charge in [-0.25, -0.2) is 0 Å². The maximum Gasteiger partial charge on any atom is 0.387 e. The van der Waals surface area contributed by atoms with Gasteiger partial charge in [0.1, 0.15) is 0 Å². The molecule has 0 heterocycles. The van der Waals surface area contributed by atoms with Gasteiger partial charge >= 0.3 is 6.61 Å². The zero-order chi connectivity index (χ0) is 20.0. The van der Waals surface area contributed by atoms with Crippen molar-refractivity contribution in [3.63, 3.8) is 0 Å². The first-order valence-electron chi connectivity index (χ1n) is 7.66. The molecule has 2 aromatic carbocycles. The number of ether oxygens (including phenoxy) is 4. The lowest BCUT2D eigenvalue weighted by molar-refractivity contribution is -0.0511. The Morgan fingerprint density at radius 3 is 2.26 bits per heavy atom. The number of carbonyl (C=O) groups is 1. The SMILES string of the molecule is COc1ccc(C(=O)/C=C/c2cc(Cl)c(OC(F)F)c(OC)c2)cc1OC. The largest absolute Gasteiger partial charge is 0.493 e. The van der Waals surface area contributed by atoms with E-state index in [0.717, 1.165) is 0 Å². The Morgan fingerprint density at radius 2 is 1.67 bits per heavy atom. The molecule has 0 aliphatic heterocycles. The fraction of sp³-hybridized carbons (Fsp3) is 0.211. The molecule has 0 bridgehead atoms. The molecular formula is C19H17ClF2O5. The predicted octanol–water partition coefficient (Wildman–Crippen LogP) is 4.86. The second-order valence-corrected chi connectivity index (χ2v) is 5.59. The van der Waals surface area contributed by atoms with Crippen molar-refractivity contribution < 1.29 is 32.5 Å². The minimum atomic E-state index is -3.04. The van der Waals surface area contributed by atoms with Crippen LogP contribution in [0.2, 0.25) is 5.02 Å². The first-order chi connectivity index (χ1) is 12.9. The number of methoxy groups -OCH3 is 3. The van der Waals surface area contributed by atoms with Crippen molar-refractivity contribution in [3.8, 4) is 23.0 Å². The van der Waals surface area contributed by atoms with Crippen molar-refractivity contribution in [2.75, 3.05) is 21.3 Å². The van der Waals surface area contributed by atoms with E-state index in [2.05, 4.69) is 4.74 Å². The van der Waals surface area contributed by atoms with E-state index < -0.39 is 6.61 Å². The zero-order valence-electron chi connectivity index (χ0n) is 14.8. The van der Waals surface area contributed by atoms with E-state index in [0.29, 0.717) is 22.6 Å². The van der Waals surface area contributed by atoms with Crippen molar-refractivity contribution in [3.05, 3.63) is 52.6 Å². The van der Waals surface area contributed by atoms with Crippen LogP contribution in [0.3, 0.4) is 0 Å². The van der Waals surface area contributed by atoms with Gasteiger partial charge in [-0.15, -0.1) is 0 Å². The molecule has 0 aromatic heterocycles. The van der Waals surface area contributed by atoms with Crippen LogP contribution in [0.5, 0.6) is 23.0 Å². The quantitative estimate of drug-likeness (QED) is 0.469. The zero-order valence-corrected chi connectivity index (χ0v) is 15.5. The molecule has 0 unspecified atom stereocenters. The van der Waals surface area contributed by atoms with E-state index >= 15 is 0 Å². The Labute approximate surface area is 160 Å². The summed E-state index contributed by atoms with van der Waals surface area (Å²) in [6, 6.07) is 7.60. The predicted molar refractivity (Wildman–Crippen MR) is 97.5 cm³/mol. The van der Waals surface area contributed by atoms with Crippen LogP contribution in [-0.2, 0) is 0 Å². The smallest absolute Gasteiger partial charge is 0.387 e. The Hall–Kier alpha value is -2.80. The summed E-state index contributed by atoms with van der Waals surface area (Å²) in [5.41, 5.74) is 0.868. The lowest BCUT2D eigenvalue weighted by Crippen LogP contribution is -2.04. The Bertz CT molecular complexity index is 852. The van der Waals surface area contributed by atoms with Crippen LogP contribution in [-0.4, -0.2) is 33.7 Å². The molecule has 0 aliphatic rings. The van der Waals surface area contributed by atoms with Gasteiger partial charge in [-0.2, -0.15) is 8.78 Å². The van der Waals surface area contributed by atoms with Crippen LogP contribution in [0.4, 0.5) is 8.78 Å². The highest BCUT2D eigenvalue weighted by molar-refractivity contribution is 6.32. The van der Waals surface area contributed by atoms with Gasteiger partial charge in [0.05, 0.1) is 26.4 Å². The fourth-order valence-electron chi connectivity index (χ4n) is 2.30. The second kappa shape index (κ2) is 9.23. The molecule has 0 atom stereocenters. The maximum absolute atomic E-state index is 12.5. The van der Waals surface area contributed by atoms with Crippen LogP contribution in [0, 0.1) is 0 Å². The second-order valence-electron chi connectivity index (χ2n) is 5.18. The van der Waals surface area contributed by atoms with Gasteiger partial charge in [0.15, 0.2) is 28.8 Å². The summed E-state index contributed by atoms with van der Waals surface area (Å²) >= 11 is 5.98. The van der Waals surface area contributed by atoms with Crippen molar-refractivity contribution in [1.29, 1.82) is 0 Å². The molecule has 2 rings (SSSR count). The van der Waals surface area contributed by atoms with Gasteiger partial charge in [-0.1, -0.05) is 17.7 Å². The number of halogens is 3. The van der Waals surface area contributed by atoms with Crippen molar-refractivity contribution in [1.82, 2.24) is 0 Å². The van der Waals surface area contributed by atoms with Crippen LogP contribution >= 0.6 is 11.6 Å². The number of hydrogen-bond donors (Lipinski definition) is 0. The molecule has 0 radical (unpaired) electrons. The van der Waals surface area contributed by atoms with E-state index in [1.54, 1.807) is 18.2 Å². The summed E-state index contributed by atoms with van der Waals surface area (Å²) in [7, 11) is 4.27. The third kappa shape index (κ3) is 5.10. The van der Waals surface area contributed by atoms with E-state index in [1.807, 2.05) is 0 Å². The lowest BCUT2D eigenvalue weighted by Gasteiger charge is -2.12. The van der Waals surface area contributed by atoms with Gasteiger partial charge < -0.3 is 18.9 Å². The molecule has 144 valence electrons. The average molecular weight is 399 g/mol. The topological polar surface area (TPSA) is 54.0 Å². The molecule has 27 heavy (non-hydrogen) atoms. The summed E-state index contributed by atoms with van der Waals surface area (Å²) in [5.74, 6) is 0.400. The summed E-state index contributed by atoms with van der Waals surface area (Å²) in [6.45, 7) is -3.04. The minimum Gasteiger partial charge on any atom is -0.493 e. The molecule has 0 saturated heterocycles. The van der Waals surface area contributed by atoms with Crippen molar-refractivity contribution in [2.45, 2.75) is 6.61 Å². The Morgan fingerprint density at radius 1 is 1.00 bits per heavy atom. The van der Waals surface area contributed by atoms with Crippen LogP contribution in [0.25, 0.3) is 6.08 Å². The van der Waals surface area contributed by atoms with Gasteiger partial charge in [-0.05, 0) is 42.0 Å². The summed E-state index contributed by atoms with van der Waals surface area (Å²) < 4.78 is 44.6. The van der Waals surface area contributed by atoms with Gasteiger partial charge in [-0.3, -0.25) is 4.79 Å². The third-order valence-electron chi connectivity index (χ3n) is 3.55. The molecule has 0 aliphatic carbocycles. The molecule has 8 heteroatoms. The van der Waals surface area contributed by atoms with Crippen molar-refractivity contribution in [2.24, 2.45) is 0 Å². The molecule has 0 saturated carbocycles. The number of carbonyl (C=O) groups excluding carboxylic acids is 1. The summed E-state index contributed by atoms with van der Waals surface area (Å²) in [6.07, 6.45) is 2.81. The Balaban J connectivity index is 2.27. The molecule has 0 spiro atoms. The normalized spacial score (nSPS) is 10.9. The van der Waals surface area contributed by atoms with Crippen molar-refractivity contribution >= 4 is 23.5 Å². The fourth-order valence-corrected chi connectivity index (χ4v) is 2.56. The highest BCUT2D eigenvalue weighted by Crippen LogP contribution is 2.37. The summed E-state index contributed by atoms with van der Waals surface area (Å²) in [5, 5.41) is -0.0622. The third-order valence-corrected chi connectivity index (χ3v) is 3.83. The standard InChI is InChI=1S/C19H17ClF2O5/c1-24-15-7-5-12(10-16(15)25-2)14(23)6-4-11-8-13(20)18(27-19(21)22)17(9-11)26-3/h4-10,19H,1-3H3/b6-4+. The summed E-state index contributed by atoms with van der Waals surface area (Å²) in [4.78, 5) is 12.4. The van der Waals surface area contributed by atoms with Gasteiger partial charge in [0, 0.05) is 5.56 Å². The highest BCUT2D eigenvalue weighted by Gasteiger charge is 2.16. The molecule has 0 N–H and O–H groups in total. The van der Waals surface area contributed by atoms with Gasteiger partial charge in [0.2, 0.25) is 0 Å². The van der Waals surface area contributed by atoms with Gasteiger partial charge in [0.25, 0.3) is 0 Å². The van der Waals surface area contributed by atoms with E-state index in [9.17, 15) is 13.6 Å². The van der Waals surface area contributed by atoms with E-state index in [1.165, 1.54) is 45.6 Å². The minimum absolute atomic E-state index is 0.0287. The lowest BCUT2D eigenvalue weighted by atomic mass is 10.1.